The van der Waals surface area contributed by atoms with Crippen molar-refractivity contribution in [1.82, 2.24) is 4.57 Å². The van der Waals surface area contributed by atoms with Crippen LogP contribution in [0.25, 0.3) is 0 Å². The molecule has 5 heteroatoms. The molecule has 1 aromatic carbocycles. The number of aromatic nitrogens is 1. The molecule has 1 aromatic heterocycles. The smallest absolute Gasteiger partial charge is 0.181 e. The summed E-state index contributed by atoms with van der Waals surface area (Å²) in [5.74, 6) is 0.348. The second-order valence-electron chi connectivity index (χ2n) is 4.60. The maximum absolute atomic E-state index is 11.2. The fourth-order valence-corrected chi connectivity index (χ4v) is 2.03. The molecule has 0 aliphatic carbocycles. The number of phenols is 1. The number of hydrogen-bond donors (Lipinski definition) is 2. The van der Waals surface area contributed by atoms with Gasteiger partial charge in [-0.2, -0.15) is 0 Å². The van der Waals surface area contributed by atoms with Crippen LogP contribution < -0.4 is 10.2 Å². The number of pyridine rings is 1. The van der Waals surface area contributed by atoms with Crippen LogP contribution in [0, 0.1) is 6.92 Å². The first-order valence-electron chi connectivity index (χ1n) is 6.23. The molecule has 2 rings (SSSR count). The van der Waals surface area contributed by atoms with Gasteiger partial charge in [0, 0.05) is 24.0 Å². The van der Waals surface area contributed by atoms with Crippen LogP contribution in [0.2, 0.25) is 0 Å². The summed E-state index contributed by atoms with van der Waals surface area (Å²) in [7, 11) is 1.47. The predicted octanol–water partition coefficient (Wildman–Crippen LogP) is 1.60. The standard InChI is InChI=1S/C15H17NO4/c1-10-7-12(17)5-6-16(10)9-14(19)11-3-4-15(20-2)13(18)8-11/h3-8,14,18-19H,9H2,1-2H3. The molecule has 1 unspecified atom stereocenters. The monoisotopic (exact) mass is 275 g/mol. The topological polar surface area (TPSA) is 71.7 Å². The van der Waals surface area contributed by atoms with Crippen LogP contribution in [0.3, 0.4) is 0 Å². The van der Waals surface area contributed by atoms with E-state index in [4.69, 9.17) is 4.74 Å². The largest absolute Gasteiger partial charge is 0.504 e. The van der Waals surface area contributed by atoms with Crippen LogP contribution in [0.5, 0.6) is 11.5 Å². The van der Waals surface area contributed by atoms with Gasteiger partial charge in [-0.3, -0.25) is 4.79 Å². The van der Waals surface area contributed by atoms with Gasteiger partial charge in [0.1, 0.15) is 0 Å². The molecule has 5 nitrogen and oxygen atoms in total. The van der Waals surface area contributed by atoms with Crippen molar-refractivity contribution < 1.29 is 14.9 Å². The molecule has 0 fully saturated rings. The summed E-state index contributed by atoms with van der Waals surface area (Å²) in [6.45, 7) is 2.11. The summed E-state index contributed by atoms with van der Waals surface area (Å²) in [5.41, 5.74) is 1.30. The molecule has 2 aromatic rings. The molecular weight excluding hydrogens is 258 g/mol. The quantitative estimate of drug-likeness (QED) is 0.889. The van der Waals surface area contributed by atoms with Crippen molar-refractivity contribution in [3.63, 3.8) is 0 Å². The molecule has 0 bridgehead atoms. The van der Waals surface area contributed by atoms with E-state index in [1.165, 1.54) is 25.3 Å². The summed E-state index contributed by atoms with van der Waals surface area (Å²) in [5, 5.41) is 19.9. The van der Waals surface area contributed by atoms with Gasteiger partial charge in [0.05, 0.1) is 19.8 Å². The Labute approximate surface area is 116 Å². The highest BCUT2D eigenvalue weighted by Gasteiger charge is 2.12. The first-order valence-corrected chi connectivity index (χ1v) is 6.23. The summed E-state index contributed by atoms with van der Waals surface area (Å²) < 4.78 is 6.74. The number of methoxy groups -OCH3 is 1. The number of aromatic hydroxyl groups is 1. The number of benzene rings is 1. The minimum absolute atomic E-state index is 0.0133. The van der Waals surface area contributed by atoms with Gasteiger partial charge < -0.3 is 19.5 Å². The first-order chi connectivity index (χ1) is 9.51. The molecule has 0 amide bonds. The molecule has 1 atom stereocenters. The molecule has 106 valence electrons. The number of nitrogens with zero attached hydrogens (tertiary/aromatic N) is 1. The van der Waals surface area contributed by atoms with E-state index in [1.54, 1.807) is 29.8 Å². The van der Waals surface area contributed by atoms with Crippen LogP contribution >= 0.6 is 0 Å². The zero-order chi connectivity index (χ0) is 14.7. The molecule has 0 saturated carbocycles. The fourth-order valence-electron chi connectivity index (χ4n) is 2.03. The highest BCUT2D eigenvalue weighted by atomic mass is 16.5. The minimum atomic E-state index is -0.784. The Morgan fingerprint density at radius 1 is 1.30 bits per heavy atom. The molecule has 0 aliphatic rings. The van der Waals surface area contributed by atoms with Gasteiger partial charge in [-0.15, -0.1) is 0 Å². The average Bonchev–Trinajstić information content (AvgIpc) is 2.41. The number of aryl methyl sites for hydroxylation is 1. The Morgan fingerprint density at radius 2 is 2.05 bits per heavy atom. The van der Waals surface area contributed by atoms with Gasteiger partial charge in [-0.05, 0) is 24.6 Å². The second-order valence-corrected chi connectivity index (χ2v) is 4.60. The number of aliphatic hydroxyl groups is 1. The zero-order valence-corrected chi connectivity index (χ0v) is 11.4. The summed E-state index contributed by atoms with van der Waals surface area (Å²) >= 11 is 0. The van der Waals surface area contributed by atoms with Crippen molar-refractivity contribution in [1.29, 1.82) is 0 Å². The third-order valence-corrected chi connectivity index (χ3v) is 3.18. The molecule has 0 spiro atoms. The number of aliphatic hydroxyl groups excluding tert-OH is 1. The van der Waals surface area contributed by atoms with E-state index < -0.39 is 6.10 Å². The Bertz CT molecular complexity index is 663. The fraction of sp³-hybridized carbons (Fsp3) is 0.267. The first kappa shape index (κ1) is 14.1. The number of phenolic OH excluding ortho intramolecular Hbond substituents is 1. The molecule has 0 radical (unpaired) electrons. The Kier molecular flexibility index (Phi) is 4.10. The minimum Gasteiger partial charge on any atom is -0.504 e. The predicted molar refractivity (Wildman–Crippen MR) is 75.1 cm³/mol. The van der Waals surface area contributed by atoms with Crippen molar-refractivity contribution in [2.24, 2.45) is 0 Å². The second kappa shape index (κ2) is 5.79. The third-order valence-electron chi connectivity index (χ3n) is 3.18. The van der Waals surface area contributed by atoms with Crippen molar-refractivity contribution in [2.75, 3.05) is 7.11 Å². The maximum atomic E-state index is 11.2. The maximum Gasteiger partial charge on any atom is 0.181 e. The molecule has 0 aliphatic heterocycles. The van der Waals surface area contributed by atoms with Crippen LogP contribution in [-0.4, -0.2) is 21.9 Å². The van der Waals surface area contributed by atoms with Crippen LogP contribution in [0.15, 0.2) is 41.3 Å². The van der Waals surface area contributed by atoms with Gasteiger partial charge in [0.15, 0.2) is 16.9 Å². The van der Waals surface area contributed by atoms with Gasteiger partial charge in [0.25, 0.3) is 0 Å². The molecular formula is C15H17NO4. The van der Waals surface area contributed by atoms with E-state index in [0.29, 0.717) is 17.9 Å². The average molecular weight is 275 g/mol. The Morgan fingerprint density at radius 3 is 2.65 bits per heavy atom. The lowest BCUT2D eigenvalue weighted by atomic mass is 10.1. The van der Waals surface area contributed by atoms with E-state index in [9.17, 15) is 15.0 Å². The Hall–Kier alpha value is -2.27. The molecule has 0 saturated heterocycles. The highest BCUT2D eigenvalue weighted by Crippen LogP contribution is 2.29. The van der Waals surface area contributed by atoms with E-state index in [2.05, 4.69) is 0 Å². The lowest BCUT2D eigenvalue weighted by molar-refractivity contribution is 0.155. The third kappa shape index (κ3) is 3.00. The number of hydrogen-bond acceptors (Lipinski definition) is 4. The van der Waals surface area contributed by atoms with E-state index >= 15 is 0 Å². The highest BCUT2D eigenvalue weighted by molar-refractivity contribution is 5.42. The van der Waals surface area contributed by atoms with Crippen molar-refractivity contribution in [2.45, 2.75) is 19.6 Å². The van der Waals surface area contributed by atoms with Gasteiger partial charge in [0.2, 0.25) is 0 Å². The SMILES string of the molecule is COc1ccc(C(O)Cn2ccc(=O)cc2C)cc1O. The van der Waals surface area contributed by atoms with Gasteiger partial charge in [-0.1, -0.05) is 6.07 Å². The Balaban J connectivity index is 2.21. The summed E-state index contributed by atoms with van der Waals surface area (Å²) in [4.78, 5) is 11.2. The van der Waals surface area contributed by atoms with Gasteiger partial charge in [-0.25, -0.2) is 0 Å². The zero-order valence-electron chi connectivity index (χ0n) is 11.4. The lowest BCUT2D eigenvalue weighted by Gasteiger charge is -2.16. The normalized spacial score (nSPS) is 12.2. The van der Waals surface area contributed by atoms with E-state index in [0.717, 1.165) is 5.69 Å². The molecule has 20 heavy (non-hydrogen) atoms. The van der Waals surface area contributed by atoms with Crippen LogP contribution in [-0.2, 0) is 6.54 Å². The molecule has 2 N–H and O–H groups in total. The van der Waals surface area contributed by atoms with Crippen molar-refractivity contribution in [3.8, 4) is 11.5 Å². The molecule has 1 heterocycles. The van der Waals surface area contributed by atoms with Gasteiger partial charge >= 0.3 is 0 Å². The van der Waals surface area contributed by atoms with Crippen molar-refractivity contribution >= 4 is 0 Å². The number of rotatable bonds is 4. The lowest BCUT2D eigenvalue weighted by Crippen LogP contribution is -2.14. The van der Waals surface area contributed by atoms with E-state index in [-0.39, 0.29) is 11.2 Å². The van der Waals surface area contributed by atoms with Crippen LogP contribution in [0.4, 0.5) is 0 Å². The van der Waals surface area contributed by atoms with E-state index in [1.807, 2.05) is 0 Å². The van der Waals surface area contributed by atoms with Crippen LogP contribution in [0.1, 0.15) is 17.4 Å². The summed E-state index contributed by atoms with van der Waals surface area (Å²) in [6.07, 6.45) is 0.859. The summed E-state index contributed by atoms with van der Waals surface area (Å²) in [6, 6.07) is 7.73. The number of ether oxygens (including phenoxy) is 1. The van der Waals surface area contributed by atoms with Crippen molar-refractivity contribution in [3.05, 3.63) is 58.0 Å².